The molecule has 7 N–H and O–H groups in total. The zero-order chi connectivity index (χ0) is 63.2. The van der Waals surface area contributed by atoms with Crippen LogP contribution in [0, 0.1) is 0 Å². The molecule has 27 heteroatoms. The first-order chi connectivity index (χ1) is 43.0. The lowest BCUT2D eigenvalue weighted by Gasteiger charge is -2.37. The first-order valence-corrected chi connectivity index (χ1v) is 30.8. The number of para-hydroxylation sites is 4. The van der Waals surface area contributed by atoms with Gasteiger partial charge in [-0.3, -0.25) is 9.59 Å². The number of carbonyl (C=O) groups excluding carboxylic acids is 2. The number of amides is 2. The maximum Gasteiger partial charge on any atom is 0.267 e. The van der Waals surface area contributed by atoms with Crippen molar-refractivity contribution in [3.05, 3.63) is 96.6 Å². The molecule has 4 aliphatic rings. The van der Waals surface area contributed by atoms with Crippen LogP contribution in [0.1, 0.15) is 32.3 Å². The van der Waals surface area contributed by atoms with E-state index < -0.39 is 16.1 Å². The van der Waals surface area contributed by atoms with Gasteiger partial charge < -0.3 is 83.8 Å². The number of hydrogen-bond acceptors (Lipinski definition) is 23. The number of hydrogen-bond donors (Lipinski definition) is 4. The zero-order valence-corrected chi connectivity index (χ0v) is 52.0. The van der Waals surface area contributed by atoms with Gasteiger partial charge in [-0.2, -0.15) is 9.97 Å². The van der Waals surface area contributed by atoms with Crippen LogP contribution in [-0.2, 0) is 30.8 Å². The van der Waals surface area contributed by atoms with E-state index in [0.29, 0.717) is 171 Å². The lowest BCUT2D eigenvalue weighted by molar-refractivity contribution is -0.142. The van der Waals surface area contributed by atoms with Gasteiger partial charge in [0.15, 0.2) is 46.0 Å². The van der Waals surface area contributed by atoms with E-state index in [1.165, 1.54) is 7.11 Å². The van der Waals surface area contributed by atoms with Crippen LogP contribution in [0.2, 0.25) is 0 Å². The summed E-state index contributed by atoms with van der Waals surface area (Å²) >= 11 is 0. The highest BCUT2D eigenvalue weighted by atomic mass is 32.2. The van der Waals surface area contributed by atoms with E-state index in [1.54, 1.807) is 75.8 Å². The van der Waals surface area contributed by atoms with Crippen molar-refractivity contribution in [2.45, 2.75) is 56.3 Å². The van der Waals surface area contributed by atoms with Gasteiger partial charge in [-0.25, -0.2) is 23.5 Å². The quantitative estimate of drug-likeness (QED) is 0.0764. The van der Waals surface area contributed by atoms with Crippen LogP contribution in [0.4, 0.5) is 23.5 Å². The molecule has 2 amide bonds. The topological polar surface area (TPSA) is 315 Å². The van der Waals surface area contributed by atoms with Crippen LogP contribution in [0.5, 0.6) is 51.7 Å². The van der Waals surface area contributed by atoms with E-state index in [2.05, 4.69) is 25.3 Å². The minimum Gasteiger partial charge on any atom is -0.495 e. The Bertz CT molecular complexity index is 3700. The summed E-state index contributed by atoms with van der Waals surface area (Å²) < 4.78 is 78.3. The standard InChI is InChI=1S/C23H25N5O5.C20H28N2O5S.C19H25N5O4/c1-30-18-11-14-15(12-19(18)31-2)25-23(26-21(14)24)28-9-7-27(8-10-28)22(29)20-13-32-16-5-3-4-6-17(16)33-20;1-4-26-17-7-5-6-8-18(17)27-12-11-22-15(2)13-16-9-10-19(25-3)20(14-16)28(21,23)24;1-26-15-10-12-13(11-16(15)27-2)21-19(22-17(12)20)24-7-5-23(6-8-24)18(25)14-4-3-9-28-14/h3-6,11-12,20H,7-10,13H2,1-2H3,(H2,24,25,26);5-10,14-15,22H,4,11-13H2,1-3H3,(H2,21,23,24);10-11,14H,3-9H2,1-2H3,(H2,20,21,22)/t;15-;/m.1./s1. The van der Waals surface area contributed by atoms with Gasteiger partial charge in [-0.15, -0.1) is 0 Å². The minimum atomic E-state index is -3.84. The molecule has 0 saturated carbocycles. The van der Waals surface area contributed by atoms with Crippen molar-refractivity contribution >= 4 is 67.2 Å². The Hall–Kier alpha value is -9.05. The molecule has 0 aliphatic carbocycles. The summed E-state index contributed by atoms with van der Waals surface area (Å²) in [7, 11) is 3.87. The summed E-state index contributed by atoms with van der Waals surface area (Å²) in [6.07, 6.45) is 1.48. The molecule has 2 unspecified atom stereocenters. The summed E-state index contributed by atoms with van der Waals surface area (Å²) in [6.45, 7) is 11.3. The summed E-state index contributed by atoms with van der Waals surface area (Å²) in [5.74, 6) is 7.08. The Morgan fingerprint density at radius 2 is 1.13 bits per heavy atom. The molecule has 89 heavy (non-hydrogen) atoms. The molecule has 6 heterocycles. The number of carbonyl (C=O) groups is 2. The molecule has 476 valence electrons. The van der Waals surface area contributed by atoms with E-state index in [-0.39, 0.29) is 41.2 Å². The van der Waals surface area contributed by atoms with Gasteiger partial charge in [0.1, 0.15) is 41.6 Å². The van der Waals surface area contributed by atoms with Crippen LogP contribution in [0.3, 0.4) is 0 Å². The molecule has 5 aromatic carbocycles. The van der Waals surface area contributed by atoms with E-state index >= 15 is 0 Å². The number of ether oxygens (including phenoxy) is 10. The normalized spacial score (nSPS) is 16.7. The number of fused-ring (bicyclic) bond motifs is 3. The maximum absolute atomic E-state index is 13.0. The number of aromatic nitrogens is 4. The van der Waals surface area contributed by atoms with Gasteiger partial charge in [0, 0.05) is 94.5 Å². The predicted octanol–water partition coefficient (Wildman–Crippen LogP) is 5.12. The van der Waals surface area contributed by atoms with Crippen molar-refractivity contribution in [1.29, 1.82) is 0 Å². The van der Waals surface area contributed by atoms with E-state index in [9.17, 15) is 18.0 Å². The molecule has 3 atom stereocenters. The van der Waals surface area contributed by atoms with Gasteiger partial charge in [0.25, 0.3) is 11.8 Å². The predicted molar refractivity (Wildman–Crippen MR) is 336 cm³/mol. The Morgan fingerprint density at radius 3 is 1.64 bits per heavy atom. The second kappa shape index (κ2) is 29.8. The van der Waals surface area contributed by atoms with Crippen LogP contribution >= 0.6 is 0 Å². The van der Waals surface area contributed by atoms with Crippen LogP contribution < -0.4 is 74.4 Å². The monoisotopic (exact) mass is 1250 g/mol. The van der Waals surface area contributed by atoms with Gasteiger partial charge in [-0.1, -0.05) is 30.3 Å². The second-order valence-electron chi connectivity index (χ2n) is 21.1. The van der Waals surface area contributed by atoms with E-state index in [4.69, 9.17) is 64.0 Å². The molecule has 0 bridgehead atoms. The van der Waals surface area contributed by atoms with Crippen molar-refractivity contribution in [1.82, 2.24) is 35.1 Å². The zero-order valence-electron chi connectivity index (χ0n) is 51.1. The Morgan fingerprint density at radius 1 is 0.629 bits per heavy atom. The highest BCUT2D eigenvalue weighted by Crippen LogP contribution is 2.37. The maximum atomic E-state index is 13.0. The SMILES string of the molecule is CCOc1ccccc1OCCN[C@H](C)Cc1ccc(OC)c(S(N)(=O)=O)c1.COc1cc2nc(N3CCN(C(=O)C4CCCO4)CC3)nc(N)c2cc1OC.COc1cc2nc(N3CCN(C(=O)C4COc5ccccc5O4)CC3)nc(N)c2cc1OC. The van der Waals surface area contributed by atoms with E-state index in [1.807, 2.05) is 77.1 Å². The molecule has 11 rings (SSSR count). The lowest BCUT2D eigenvalue weighted by Crippen LogP contribution is -2.54. The number of sulfonamides is 1. The second-order valence-corrected chi connectivity index (χ2v) is 22.6. The van der Waals surface area contributed by atoms with Crippen LogP contribution in [0.15, 0.2) is 95.9 Å². The number of benzene rings is 5. The first-order valence-electron chi connectivity index (χ1n) is 29.3. The fourth-order valence-corrected chi connectivity index (χ4v) is 11.3. The molecule has 0 radical (unpaired) electrons. The molecule has 26 nitrogen and oxygen atoms in total. The highest BCUT2D eigenvalue weighted by molar-refractivity contribution is 7.89. The lowest BCUT2D eigenvalue weighted by atomic mass is 10.1. The third kappa shape index (κ3) is 15.8. The number of nitrogen functional groups attached to an aromatic ring is 2. The summed E-state index contributed by atoms with van der Waals surface area (Å²) in [5.41, 5.74) is 14.6. The van der Waals surface area contributed by atoms with Gasteiger partial charge in [0.2, 0.25) is 28.0 Å². The van der Waals surface area contributed by atoms with Crippen molar-refractivity contribution < 1.29 is 65.4 Å². The smallest absolute Gasteiger partial charge is 0.267 e. The molecule has 3 saturated heterocycles. The Kier molecular flexibility index (Phi) is 21.5. The number of piperazine rings is 2. The third-order valence-electron chi connectivity index (χ3n) is 15.3. The summed E-state index contributed by atoms with van der Waals surface area (Å²) in [4.78, 5) is 51.5. The number of nitrogens with one attached hydrogen (secondary N) is 1. The number of methoxy groups -OCH3 is 5. The largest absolute Gasteiger partial charge is 0.495 e. The van der Waals surface area contributed by atoms with Crippen molar-refractivity contribution in [2.24, 2.45) is 5.14 Å². The number of nitrogens with two attached hydrogens (primary N) is 3. The fourth-order valence-electron chi connectivity index (χ4n) is 10.6. The first kappa shape index (κ1) is 64.4. The number of rotatable bonds is 19. The summed E-state index contributed by atoms with van der Waals surface area (Å²) in [5, 5.41) is 10.0. The molecular weight excluding hydrogens is 1170 g/mol. The van der Waals surface area contributed by atoms with Crippen molar-refractivity contribution in [3.8, 4) is 51.7 Å². The highest BCUT2D eigenvalue weighted by Gasteiger charge is 2.34. The minimum absolute atomic E-state index is 0.00411. The van der Waals surface area contributed by atoms with Gasteiger partial charge >= 0.3 is 0 Å². The van der Waals surface area contributed by atoms with E-state index in [0.717, 1.165) is 24.2 Å². The Labute approximate surface area is 517 Å². The molecule has 3 fully saturated rings. The van der Waals surface area contributed by atoms with Crippen molar-refractivity contribution in [3.63, 3.8) is 0 Å². The van der Waals surface area contributed by atoms with Crippen LogP contribution in [-0.4, -0.2) is 189 Å². The van der Waals surface area contributed by atoms with Crippen LogP contribution in [0.25, 0.3) is 21.8 Å². The van der Waals surface area contributed by atoms with Gasteiger partial charge in [-0.05, 0) is 87.2 Å². The fraction of sp³-hybridized carbons (Fsp3) is 0.419. The average molecular weight is 1250 g/mol. The summed E-state index contributed by atoms with van der Waals surface area (Å²) in [6, 6.07) is 27.2. The number of primary sulfonamides is 1. The number of anilines is 4. The average Bonchev–Trinajstić information content (AvgIpc) is 1.92. The molecule has 2 aromatic heterocycles. The third-order valence-corrected chi connectivity index (χ3v) is 16.2. The van der Waals surface area contributed by atoms with Gasteiger partial charge in [0.05, 0.1) is 53.2 Å². The molecular formula is C62H78N12O14S. The van der Waals surface area contributed by atoms with Crippen molar-refractivity contribution in [2.75, 3.05) is 142 Å². The Balaban J connectivity index is 0.000000159. The molecule has 7 aromatic rings. The number of nitrogens with zero attached hydrogens (tertiary/aromatic N) is 8. The molecule has 0 spiro atoms. The molecule has 4 aliphatic heterocycles.